The molecule has 4 rings (SSSR count). The molecule has 0 spiro atoms. The SMILES string of the molecule is CCc1nc2c(cc1Nc1cccc(OC)c1)c(OCC(F)(F)F)c(C(=O)NC1CCN(C(=O)CO)CC1)n2C. The number of alkyl halides is 3. The van der Waals surface area contributed by atoms with E-state index in [0.717, 1.165) is 0 Å². The number of likely N-dealkylation sites (tertiary alicyclic amines) is 1. The highest BCUT2D eigenvalue weighted by Gasteiger charge is 2.33. The van der Waals surface area contributed by atoms with Crippen LogP contribution in [0.15, 0.2) is 30.3 Å². The minimum absolute atomic E-state index is 0.0822. The van der Waals surface area contributed by atoms with Crippen molar-refractivity contribution in [2.45, 2.75) is 38.4 Å². The van der Waals surface area contributed by atoms with Crippen LogP contribution in [-0.4, -0.2) is 77.0 Å². The minimum atomic E-state index is -4.62. The van der Waals surface area contributed by atoms with E-state index in [2.05, 4.69) is 15.6 Å². The third kappa shape index (κ3) is 6.41. The Balaban J connectivity index is 1.70. The lowest BCUT2D eigenvalue weighted by atomic mass is 10.0. The number of aromatic nitrogens is 2. The van der Waals surface area contributed by atoms with Crippen LogP contribution >= 0.6 is 0 Å². The fourth-order valence-electron chi connectivity index (χ4n) is 4.77. The zero-order valence-electron chi connectivity index (χ0n) is 22.5. The van der Waals surface area contributed by atoms with E-state index in [0.29, 0.717) is 60.8 Å². The van der Waals surface area contributed by atoms with Crippen LogP contribution in [0, 0.1) is 0 Å². The first-order valence-corrected chi connectivity index (χ1v) is 12.9. The molecule has 0 atom stereocenters. The van der Waals surface area contributed by atoms with Gasteiger partial charge in [0.1, 0.15) is 18.0 Å². The van der Waals surface area contributed by atoms with Gasteiger partial charge in [0.2, 0.25) is 5.91 Å². The molecule has 1 aliphatic rings. The number of rotatable bonds is 9. The van der Waals surface area contributed by atoms with Crippen LogP contribution in [0.25, 0.3) is 11.0 Å². The van der Waals surface area contributed by atoms with Gasteiger partial charge in [0.15, 0.2) is 18.1 Å². The zero-order chi connectivity index (χ0) is 29.0. The Morgan fingerprint density at radius 1 is 1.20 bits per heavy atom. The molecule has 3 N–H and O–H groups in total. The number of methoxy groups -OCH3 is 1. The number of aryl methyl sites for hydroxylation is 2. The van der Waals surface area contributed by atoms with Crippen molar-refractivity contribution < 1.29 is 37.3 Å². The Labute approximate surface area is 229 Å². The minimum Gasteiger partial charge on any atom is -0.497 e. The van der Waals surface area contributed by atoms with Gasteiger partial charge >= 0.3 is 6.18 Å². The fraction of sp³-hybridized carbons (Fsp3) is 0.444. The monoisotopic (exact) mass is 563 g/mol. The average Bonchev–Trinajstić information content (AvgIpc) is 3.21. The van der Waals surface area contributed by atoms with Crippen molar-refractivity contribution in [2.75, 3.05) is 38.7 Å². The molecule has 0 radical (unpaired) electrons. The molecule has 0 bridgehead atoms. The van der Waals surface area contributed by atoms with Gasteiger partial charge in [-0.25, -0.2) is 4.98 Å². The van der Waals surface area contributed by atoms with Crippen LogP contribution in [0.5, 0.6) is 11.5 Å². The molecule has 0 aliphatic carbocycles. The van der Waals surface area contributed by atoms with E-state index in [1.165, 1.54) is 9.47 Å². The van der Waals surface area contributed by atoms with E-state index in [1.54, 1.807) is 38.4 Å². The number of ether oxygens (including phenoxy) is 2. The first-order chi connectivity index (χ1) is 19.0. The number of fused-ring (bicyclic) bond motifs is 1. The normalized spacial score (nSPS) is 14.3. The molecule has 10 nitrogen and oxygen atoms in total. The quantitative estimate of drug-likeness (QED) is 0.365. The van der Waals surface area contributed by atoms with E-state index in [-0.39, 0.29) is 22.9 Å². The summed E-state index contributed by atoms with van der Waals surface area (Å²) in [4.78, 5) is 31.4. The predicted octanol–water partition coefficient (Wildman–Crippen LogP) is 3.54. The number of anilines is 2. The average molecular weight is 564 g/mol. The van der Waals surface area contributed by atoms with Gasteiger partial charge in [-0.1, -0.05) is 13.0 Å². The van der Waals surface area contributed by atoms with Crippen molar-refractivity contribution >= 4 is 34.2 Å². The number of carbonyl (C=O) groups is 2. The Bertz CT molecular complexity index is 1380. The highest BCUT2D eigenvalue weighted by Crippen LogP contribution is 2.37. The summed E-state index contributed by atoms with van der Waals surface area (Å²) in [5, 5.41) is 15.4. The van der Waals surface area contributed by atoms with Gasteiger partial charge in [-0.05, 0) is 37.5 Å². The molecular weight excluding hydrogens is 531 g/mol. The van der Waals surface area contributed by atoms with Crippen LogP contribution in [0.4, 0.5) is 24.5 Å². The van der Waals surface area contributed by atoms with Crippen molar-refractivity contribution in [1.29, 1.82) is 0 Å². The fourth-order valence-corrected chi connectivity index (χ4v) is 4.77. The number of nitrogens with zero attached hydrogens (tertiary/aromatic N) is 3. The molecule has 1 aliphatic heterocycles. The van der Waals surface area contributed by atoms with Crippen molar-refractivity contribution in [1.82, 2.24) is 19.8 Å². The van der Waals surface area contributed by atoms with Crippen LogP contribution in [0.1, 0.15) is 35.9 Å². The maximum atomic E-state index is 13.5. The molecule has 1 saturated heterocycles. The molecule has 13 heteroatoms. The number of benzene rings is 1. The topological polar surface area (TPSA) is 118 Å². The number of hydrogen-bond donors (Lipinski definition) is 3. The maximum Gasteiger partial charge on any atom is 0.422 e. The summed E-state index contributed by atoms with van der Waals surface area (Å²) in [6.45, 7) is 0.419. The smallest absolute Gasteiger partial charge is 0.422 e. The Morgan fingerprint density at radius 2 is 1.93 bits per heavy atom. The number of nitrogens with one attached hydrogen (secondary N) is 2. The lowest BCUT2D eigenvalue weighted by Crippen LogP contribution is -2.47. The molecule has 1 aromatic carbocycles. The van der Waals surface area contributed by atoms with Gasteiger partial charge in [0.05, 0.1) is 23.9 Å². The van der Waals surface area contributed by atoms with E-state index in [4.69, 9.17) is 14.6 Å². The Morgan fingerprint density at radius 3 is 2.55 bits per heavy atom. The van der Waals surface area contributed by atoms with Gasteiger partial charge in [0, 0.05) is 37.9 Å². The highest BCUT2D eigenvalue weighted by atomic mass is 19.4. The van der Waals surface area contributed by atoms with E-state index in [1.807, 2.05) is 13.0 Å². The van der Waals surface area contributed by atoms with E-state index in [9.17, 15) is 22.8 Å². The summed E-state index contributed by atoms with van der Waals surface area (Å²) in [6, 6.07) is 8.50. The van der Waals surface area contributed by atoms with Gasteiger partial charge in [-0.15, -0.1) is 0 Å². The molecule has 0 saturated carbocycles. The third-order valence-electron chi connectivity index (χ3n) is 6.79. The van der Waals surface area contributed by atoms with Crippen LogP contribution in [-0.2, 0) is 18.3 Å². The zero-order valence-corrected chi connectivity index (χ0v) is 22.5. The van der Waals surface area contributed by atoms with Crippen molar-refractivity contribution in [3.8, 4) is 11.5 Å². The van der Waals surface area contributed by atoms with Crippen LogP contribution in [0.3, 0.4) is 0 Å². The number of amides is 2. The molecule has 2 aromatic heterocycles. The number of carbonyl (C=O) groups excluding carboxylic acids is 2. The Hall–Kier alpha value is -4.00. The van der Waals surface area contributed by atoms with Crippen molar-refractivity contribution in [3.05, 3.63) is 41.7 Å². The number of halogens is 3. The van der Waals surface area contributed by atoms with Gasteiger partial charge in [-0.3, -0.25) is 9.59 Å². The molecule has 1 fully saturated rings. The second-order valence-electron chi connectivity index (χ2n) is 9.49. The molecule has 3 aromatic rings. The molecule has 216 valence electrons. The maximum absolute atomic E-state index is 13.5. The van der Waals surface area contributed by atoms with E-state index < -0.39 is 31.2 Å². The lowest BCUT2D eigenvalue weighted by Gasteiger charge is -2.32. The molecule has 3 heterocycles. The lowest BCUT2D eigenvalue weighted by molar-refractivity contribution is -0.153. The standard InChI is InChI=1S/C27H32F3N5O5/c1-4-20-21(31-17-6-5-7-18(12-17)39-3)13-19-24(40-15-27(28,29)30)23(34(2)25(19)33-20)26(38)32-16-8-10-35(11-9-16)22(37)14-36/h5-7,12-13,16,31,36H,4,8-11,14-15H2,1-3H3,(H,32,38). The number of piperidine rings is 1. The summed E-state index contributed by atoms with van der Waals surface area (Å²) in [5.74, 6) is -0.594. The number of aliphatic hydroxyl groups excluding tert-OH is 1. The molecule has 40 heavy (non-hydrogen) atoms. The van der Waals surface area contributed by atoms with Crippen LogP contribution < -0.4 is 20.1 Å². The first-order valence-electron chi connectivity index (χ1n) is 12.9. The summed E-state index contributed by atoms with van der Waals surface area (Å²) >= 11 is 0. The number of hydrogen-bond acceptors (Lipinski definition) is 7. The van der Waals surface area contributed by atoms with Crippen LogP contribution in [0.2, 0.25) is 0 Å². The Kier molecular flexibility index (Phi) is 8.72. The van der Waals surface area contributed by atoms with Gasteiger partial charge in [0.25, 0.3) is 5.91 Å². The van der Waals surface area contributed by atoms with Crippen molar-refractivity contribution in [3.63, 3.8) is 0 Å². The largest absolute Gasteiger partial charge is 0.497 e. The molecular formula is C27H32F3N5O5. The number of aliphatic hydroxyl groups is 1. The summed E-state index contributed by atoms with van der Waals surface area (Å²) in [6.07, 6.45) is -3.24. The molecule has 2 amide bonds. The van der Waals surface area contributed by atoms with Gasteiger partial charge in [-0.2, -0.15) is 13.2 Å². The second kappa shape index (κ2) is 12.0. The predicted molar refractivity (Wildman–Crippen MR) is 142 cm³/mol. The van der Waals surface area contributed by atoms with Crippen molar-refractivity contribution in [2.24, 2.45) is 7.05 Å². The number of pyridine rings is 1. The second-order valence-corrected chi connectivity index (χ2v) is 9.49. The first kappa shape index (κ1) is 29.0. The summed E-state index contributed by atoms with van der Waals surface area (Å²) in [5.41, 5.74) is 2.11. The van der Waals surface area contributed by atoms with Gasteiger partial charge < -0.3 is 34.7 Å². The third-order valence-corrected chi connectivity index (χ3v) is 6.79. The summed E-state index contributed by atoms with van der Waals surface area (Å²) < 4.78 is 51.6. The molecule has 0 unspecified atom stereocenters. The van der Waals surface area contributed by atoms with E-state index >= 15 is 0 Å². The highest BCUT2D eigenvalue weighted by molar-refractivity contribution is 6.04. The summed E-state index contributed by atoms with van der Waals surface area (Å²) in [7, 11) is 3.10.